The molecule has 0 saturated heterocycles. The highest BCUT2D eigenvalue weighted by Crippen LogP contribution is 2.21. The standard InChI is InChI=1S/C16H13NO3S/c18-17-10-4-8-14(16(17)21(19)20)11-13-7-3-6-12-5-1-2-9-15(12)13/h1-10,18H,11H2. The molecule has 0 radical (unpaired) electrons. The van der Waals surface area contributed by atoms with Crippen LogP contribution in [-0.4, -0.2) is 18.4 Å². The van der Waals surface area contributed by atoms with Gasteiger partial charge in [-0.25, -0.2) is 0 Å². The molecule has 4 nitrogen and oxygen atoms in total. The van der Waals surface area contributed by atoms with E-state index in [2.05, 4.69) is 0 Å². The summed E-state index contributed by atoms with van der Waals surface area (Å²) in [6.07, 6.45) is 1.74. The second kappa shape index (κ2) is 5.46. The molecule has 0 aliphatic heterocycles. The van der Waals surface area contributed by atoms with Crippen molar-refractivity contribution >= 4 is 21.1 Å². The first-order chi connectivity index (χ1) is 10.2. The lowest BCUT2D eigenvalue weighted by Crippen LogP contribution is -2.01. The minimum Gasteiger partial charge on any atom is -0.427 e. The van der Waals surface area contributed by atoms with E-state index in [0.717, 1.165) is 16.3 Å². The summed E-state index contributed by atoms with van der Waals surface area (Å²) in [4.78, 5) is 0. The van der Waals surface area contributed by atoms with Crippen LogP contribution in [0.5, 0.6) is 0 Å². The molecule has 0 spiro atoms. The molecular formula is C16H13NO3S. The molecule has 0 aliphatic carbocycles. The summed E-state index contributed by atoms with van der Waals surface area (Å²) in [5.41, 5.74) is 1.58. The van der Waals surface area contributed by atoms with Crippen LogP contribution >= 0.6 is 0 Å². The molecule has 0 bridgehead atoms. The predicted molar refractivity (Wildman–Crippen MR) is 80.5 cm³/mol. The number of benzene rings is 2. The van der Waals surface area contributed by atoms with Gasteiger partial charge in [0.1, 0.15) is 0 Å². The molecule has 0 aliphatic rings. The monoisotopic (exact) mass is 299 g/mol. The third-order valence-electron chi connectivity index (χ3n) is 3.43. The lowest BCUT2D eigenvalue weighted by Gasteiger charge is -2.07. The molecule has 1 heterocycles. The van der Waals surface area contributed by atoms with E-state index in [4.69, 9.17) is 0 Å². The van der Waals surface area contributed by atoms with E-state index in [0.29, 0.717) is 16.7 Å². The first-order valence-corrected chi connectivity index (χ1v) is 7.53. The maximum Gasteiger partial charge on any atom is 0.242 e. The van der Waals surface area contributed by atoms with Crippen molar-refractivity contribution in [3.63, 3.8) is 0 Å². The van der Waals surface area contributed by atoms with E-state index in [9.17, 15) is 13.6 Å². The van der Waals surface area contributed by atoms with Crippen molar-refractivity contribution in [3.05, 3.63) is 76.6 Å². The molecule has 21 heavy (non-hydrogen) atoms. The van der Waals surface area contributed by atoms with Crippen molar-refractivity contribution in [2.24, 2.45) is 0 Å². The predicted octanol–water partition coefficient (Wildman–Crippen LogP) is 2.88. The Kier molecular flexibility index (Phi) is 3.50. The summed E-state index contributed by atoms with van der Waals surface area (Å²) in [6, 6.07) is 17.2. The highest BCUT2D eigenvalue weighted by Gasteiger charge is 2.06. The van der Waals surface area contributed by atoms with Crippen molar-refractivity contribution in [2.45, 2.75) is 6.42 Å². The Bertz CT molecular complexity index is 974. The molecule has 2 aromatic carbocycles. The fourth-order valence-electron chi connectivity index (χ4n) is 2.50. The Balaban J connectivity index is 2.22. The summed E-state index contributed by atoms with van der Waals surface area (Å²) >= 11 is 0. The lowest BCUT2D eigenvalue weighted by molar-refractivity contribution is 0.179. The van der Waals surface area contributed by atoms with Gasteiger partial charge >= 0.3 is 0 Å². The van der Waals surface area contributed by atoms with Crippen LogP contribution in [0.15, 0.2) is 60.8 Å². The van der Waals surface area contributed by atoms with Crippen molar-refractivity contribution in [2.75, 3.05) is 0 Å². The molecule has 3 rings (SSSR count). The van der Waals surface area contributed by atoms with Crippen LogP contribution in [-0.2, 0) is 16.7 Å². The molecule has 106 valence electrons. The van der Waals surface area contributed by atoms with E-state index in [-0.39, 0.29) is 4.64 Å². The highest BCUT2D eigenvalue weighted by atomic mass is 32.2. The van der Waals surface area contributed by atoms with E-state index < -0.39 is 10.3 Å². The minimum absolute atomic E-state index is 0.106. The smallest absolute Gasteiger partial charge is 0.242 e. The van der Waals surface area contributed by atoms with Gasteiger partial charge in [0.25, 0.3) is 0 Å². The Hall–Kier alpha value is -2.53. The van der Waals surface area contributed by atoms with Crippen molar-refractivity contribution < 1.29 is 13.6 Å². The van der Waals surface area contributed by atoms with Gasteiger partial charge in [0.15, 0.2) is 0 Å². The van der Waals surface area contributed by atoms with E-state index in [1.165, 1.54) is 6.20 Å². The zero-order valence-electron chi connectivity index (χ0n) is 11.1. The lowest BCUT2D eigenvalue weighted by atomic mass is 9.99. The molecule has 0 atom stereocenters. The van der Waals surface area contributed by atoms with Crippen molar-refractivity contribution in [1.82, 2.24) is 4.73 Å². The Labute approximate surface area is 123 Å². The molecule has 0 unspecified atom stereocenters. The summed E-state index contributed by atoms with van der Waals surface area (Å²) in [5, 5.41) is 11.9. The van der Waals surface area contributed by atoms with E-state index >= 15 is 0 Å². The molecule has 5 heteroatoms. The molecular weight excluding hydrogens is 286 g/mol. The average molecular weight is 299 g/mol. The van der Waals surface area contributed by atoms with Crippen LogP contribution in [0, 0.1) is 4.64 Å². The largest absolute Gasteiger partial charge is 0.427 e. The number of hydrogen-bond donors (Lipinski definition) is 1. The van der Waals surface area contributed by atoms with Gasteiger partial charge in [-0.3, -0.25) is 0 Å². The Morgan fingerprint density at radius 3 is 2.43 bits per heavy atom. The van der Waals surface area contributed by atoms with Gasteiger partial charge in [-0.2, -0.15) is 13.1 Å². The number of hydrogen-bond acceptors (Lipinski definition) is 3. The van der Waals surface area contributed by atoms with Gasteiger partial charge in [-0.05, 0) is 28.0 Å². The van der Waals surface area contributed by atoms with Gasteiger partial charge in [0, 0.05) is 12.6 Å². The van der Waals surface area contributed by atoms with E-state index in [1.807, 2.05) is 42.5 Å². The van der Waals surface area contributed by atoms with Crippen molar-refractivity contribution in [1.29, 1.82) is 0 Å². The summed E-state index contributed by atoms with van der Waals surface area (Å²) < 4.78 is 23.2. The summed E-state index contributed by atoms with van der Waals surface area (Å²) in [5.74, 6) is 0. The van der Waals surface area contributed by atoms with Gasteiger partial charge in [0.2, 0.25) is 14.9 Å². The van der Waals surface area contributed by atoms with Crippen LogP contribution in [0.4, 0.5) is 0 Å². The number of rotatable bonds is 2. The van der Waals surface area contributed by atoms with Gasteiger partial charge < -0.3 is 5.21 Å². The van der Waals surface area contributed by atoms with Crippen LogP contribution in [0.1, 0.15) is 11.1 Å². The van der Waals surface area contributed by atoms with Crippen molar-refractivity contribution in [3.8, 4) is 0 Å². The number of fused-ring (bicyclic) bond motifs is 1. The SMILES string of the molecule is O=S(=O)=c1c(Cc2cccc3ccccc23)cccn1O. The topological polar surface area (TPSA) is 59.3 Å². The quantitative estimate of drug-likeness (QED) is 0.584. The van der Waals surface area contributed by atoms with Gasteiger partial charge in [-0.15, -0.1) is 0 Å². The van der Waals surface area contributed by atoms with Crippen LogP contribution in [0.2, 0.25) is 0 Å². The van der Waals surface area contributed by atoms with Crippen LogP contribution < -0.4 is 0 Å². The van der Waals surface area contributed by atoms with Gasteiger partial charge in [0.05, 0.1) is 0 Å². The Morgan fingerprint density at radius 1 is 0.905 bits per heavy atom. The second-order valence-electron chi connectivity index (χ2n) is 4.73. The third-order valence-corrected chi connectivity index (χ3v) is 4.19. The number of nitrogens with zero attached hydrogens (tertiary/aromatic N) is 1. The number of pyridine rings is 1. The fourth-order valence-corrected chi connectivity index (χ4v) is 3.06. The molecule has 3 aromatic rings. The highest BCUT2D eigenvalue weighted by molar-refractivity contribution is 7.63. The summed E-state index contributed by atoms with van der Waals surface area (Å²) in [7, 11) is -2.50. The van der Waals surface area contributed by atoms with E-state index in [1.54, 1.807) is 12.1 Å². The second-order valence-corrected chi connectivity index (χ2v) is 5.59. The maximum atomic E-state index is 11.3. The zero-order valence-corrected chi connectivity index (χ0v) is 11.9. The van der Waals surface area contributed by atoms with Gasteiger partial charge in [-0.1, -0.05) is 48.5 Å². The molecule has 1 aromatic heterocycles. The molecule has 0 fully saturated rings. The molecule has 1 N–H and O–H groups in total. The van der Waals surface area contributed by atoms with Crippen LogP contribution in [0.25, 0.3) is 10.8 Å². The molecule has 0 amide bonds. The Morgan fingerprint density at radius 2 is 1.62 bits per heavy atom. The molecule has 0 saturated carbocycles. The third kappa shape index (κ3) is 2.55. The fraction of sp³-hybridized carbons (Fsp3) is 0.0625. The van der Waals surface area contributed by atoms with Crippen LogP contribution in [0.3, 0.4) is 0 Å². The normalized spacial score (nSPS) is 10.7. The first-order valence-electron chi connectivity index (χ1n) is 6.45. The maximum absolute atomic E-state index is 11.3. The number of aromatic nitrogens is 1. The summed E-state index contributed by atoms with van der Waals surface area (Å²) in [6.45, 7) is 0. The minimum atomic E-state index is -2.50. The first kappa shape index (κ1) is 13.5. The average Bonchev–Trinajstić information content (AvgIpc) is 2.47. The zero-order chi connectivity index (χ0) is 14.8.